The molecule has 0 N–H and O–H groups in total. The van der Waals surface area contributed by atoms with Crippen LogP contribution in [0.3, 0.4) is 0 Å². The lowest BCUT2D eigenvalue weighted by atomic mass is 10.0. The minimum Gasteiger partial charge on any atom is -0.192 e. The van der Waals surface area contributed by atoms with Gasteiger partial charge in [-0.25, -0.2) is 0 Å². The van der Waals surface area contributed by atoms with Gasteiger partial charge in [0.25, 0.3) is 0 Å². The Morgan fingerprint density at radius 1 is 0.889 bits per heavy atom. The van der Waals surface area contributed by atoms with Gasteiger partial charge in [-0.3, -0.25) is 0 Å². The van der Waals surface area contributed by atoms with Crippen molar-refractivity contribution in [3.63, 3.8) is 0 Å². The maximum absolute atomic E-state index is 8.93. The first-order valence-corrected chi connectivity index (χ1v) is 13.1. The maximum atomic E-state index is 8.93. The van der Waals surface area contributed by atoms with Gasteiger partial charge in [0.1, 0.15) is 0 Å². The third kappa shape index (κ3) is 6.22. The number of allylic oxidation sites excluding steroid dienone is 1. The molecule has 0 unspecified atom stereocenters. The van der Waals surface area contributed by atoms with Crippen molar-refractivity contribution in [1.29, 1.82) is 5.26 Å². The summed E-state index contributed by atoms with van der Waals surface area (Å²) >= 11 is 0. The Hall–Kier alpha value is -2.11. The van der Waals surface area contributed by atoms with E-state index in [0.717, 1.165) is 0 Å². The topological polar surface area (TPSA) is 23.8 Å². The van der Waals surface area contributed by atoms with Gasteiger partial charge in [0.2, 0.25) is 0 Å². The molecule has 2 aromatic carbocycles. The number of benzene rings is 2. The van der Waals surface area contributed by atoms with Crippen LogP contribution in [0.4, 0.5) is 0 Å². The molecule has 27 heavy (non-hydrogen) atoms. The van der Waals surface area contributed by atoms with Crippen LogP contribution in [0.5, 0.6) is 0 Å². The number of rotatable bonds is 10. The molecule has 0 saturated heterocycles. The molecule has 2 heteroatoms. The van der Waals surface area contributed by atoms with E-state index in [4.69, 9.17) is 5.26 Å². The Labute approximate surface area is 166 Å². The van der Waals surface area contributed by atoms with Gasteiger partial charge in [-0.2, -0.15) is 5.26 Å². The van der Waals surface area contributed by atoms with E-state index in [1.54, 1.807) is 0 Å². The number of aryl methyl sites for hydroxylation is 1. The van der Waals surface area contributed by atoms with Crippen molar-refractivity contribution in [2.45, 2.75) is 64.6 Å². The van der Waals surface area contributed by atoms with Crippen molar-refractivity contribution in [2.75, 3.05) is 0 Å². The van der Waals surface area contributed by atoms with Crippen molar-refractivity contribution in [3.05, 3.63) is 71.4 Å². The summed E-state index contributed by atoms with van der Waals surface area (Å²) in [4.78, 5) is 0. The Morgan fingerprint density at radius 2 is 1.48 bits per heavy atom. The van der Waals surface area contributed by atoms with Gasteiger partial charge in [-0.05, 0) is 47.7 Å². The molecule has 1 nitrogen and oxygen atoms in total. The summed E-state index contributed by atoms with van der Waals surface area (Å²) in [6.07, 6.45) is 7.48. The zero-order valence-electron chi connectivity index (χ0n) is 17.2. The van der Waals surface area contributed by atoms with Gasteiger partial charge < -0.3 is 0 Å². The molecule has 0 aliphatic rings. The summed E-state index contributed by atoms with van der Waals surface area (Å²) in [5, 5.41) is 8.93. The summed E-state index contributed by atoms with van der Waals surface area (Å²) in [5.41, 5.74) is 7.17. The van der Waals surface area contributed by atoms with Crippen LogP contribution >= 0.6 is 0 Å². The molecule has 0 aliphatic carbocycles. The summed E-state index contributed by atoms with van der Waals surface area (Å²) in [6, 6.07) is 23.0. The summed E-state index contributed by atoms with van der Waals surface area (Å²) in [5.74, 6) is 0. The van der Waals surface area contributed by atoms with Crippen LogP contribution in [-0.4, -0.2) is 8.07 Å². The quantitative estimate of drug-likeness (QED) is 0.311. The van der Waals surface area contributed by atoms with Crippen LogP contribution in [0.2, 0.25) is 18.1 Å². The second-order valence-electron chi connectivity index (χ2n) is 7.50. The Morgan fingerprint density at radius 3 is 2.00 bits per heavy atom. The lowest BCUT2D eigenvalue weighted by Gasteiger charge is -2.26. The monoisotopic (exact) mass is 375 g/mol. The fourth-order valence-electron chi connectivity index (χ4n) is 3.57. The Kier molecular flexibility index (Phi) is 8.55. The van der Waals surface area contributed by atoms with Gasteiger partial charge >= 0.3 is 0 Å². The van der Waals surface area contributed by atoms with E-state index >= 15 is 0 Å². The highest BCUT2D eigenvalue weighted by molar-refractivity contribution is 6.84. The highest BCUT2D eigenvalue weighted by Crippen LogP contribution is 2.26. The third-order valence-electron chi connectivity index (χ3n) is 5.82. The van der Waals surface area contributed by atoms with Gasteiger partial charge in [0, 0.05) is 0 Å². The molecule has 0 heterocycles. The molecule has 2 aromatic rings. The first-order valence-electron chi connectivity index (χ1n) is 10.4. The molecule has 0 saturated carbocycles. The number of nitrogens with zero attached hydrogens (tertiary/aromatic N) is 1. The van der Waals surface area contributed by atoms with Crippen molar-refractivity contribution in [3.8, 4) is 17.2 Å². The van der Waals surface area contributed by atoms with E-state index in [0.29, 0.717) is 5.56 Å². The van der Waals surface area contributed by atoms with Crippen molar-refractivity contribution < 1.29 is 0 Å². The van der Waals surface area contributed by atoms with Crippen LogP contribution in [0.15, 0.2) is 60.3 Å². The van der Waals surface area contributed by atoms with Crippen LogP contribution in [0.1, 0.15) is 51.2 Å². The SMILES string of the molecule is CCCCC=C[Si](CC)(CC)CCc1ccc(-c2ccc(C#N)cc2)cc1. The van der Waals surface area contributed by atoms with Crippen LogP contribution in [0, 0.1) is 11.3 Å². The van der Waals surface area contributed by atoms with Crippen LogP contribution in [-0.2, 0) is 6.42 Å². The normalized spacial score (nSPS) is 11.6. The zero-order chi connectivity index (χ0) is 19.5. The third-order valence-corrected chi connectivity index (χ3v) is 10.8. The van der Waals surface area contributed by atoms with E-state index < -0.39 is 8.07 Å². The summed E-state index contributed by atoms with van der Waals surface area (Å²) < 4.78 is 0. The van der Waals surface area contributed by atoms with Crippen LogP contribution < -0.4 is 0 Å². The average Bonchev–Trinajstić information content (AvgIpc) is 2.74. The molecule has 0 fully saturated rings. The Bertz CT molecular complexity index is 746. The van der Waals surface area contributed by atoms with E-state index in [2.05, 4.69) is 62.9 Å². The van der Waals surface area contributed by atoms with E-state index in [-0.39, 0.29) is 0 Å². The summed E-state index contributed by atoms with van der Waals surface area (Å²) in [7, 11) is -1.28. The minimum atomic E-state index is -1.28. The van der Waals surface area contributed by atoms with E-state index in [1.807, 2.05) is 24.3 Å². The second-order valence-corrected chi connectivity index (χ2v) is 12.5. The van der Waals surface area contributed by atoms with Gasteiger partial charge in [-0.1, -0.05) is 93.9 Å². The average molecular weight is 376 g/mol. The Balaban J connectivity index is 2.01. The lowest BCUT2D eigenvalue weighted by Crippen LogP contribution is -2.30. The summed E-state index contributed by atoms with van der Waals surface area (Å²) in [6.45, 7) is 7.03. The largest absolute Gasteiger partial charge is 0.192 e. The lowest BCUT2D eigenvalue weighted by molar-refractivity contribution is 0.815. The first kappa shape index (κ1) is 21.2. The van der Waals surface area contributed by atoms with Crippen molar-refractivity contribution in [2.24, 2.45) is 0 Å². The van der Waals surface area contributed by atoms with Crippen molar-refractivity contribution in [1.82, 2.24) is 0 Å². The number of hydrogen-bond donors (Lipinski definition) is 0. The number of unbranched alkanes of at least 4 members (excludes halogenated alkanes) is 2. The fourth-order valence-corrected chi connectivity index (χ4v) is 6.87. The molecule has 0 radical (unpaired) electrons. The predicted octanol–water partition coefficient (Wildman–Crippen LogP) is 7.54. The first-order chi connectivity index (χ1) is 13.2. The van der Waals surface area contributed by atoms with Crippen molar-refractivity contribution >= 4 is 8.07 Å². The number of nitriles is 1. The van der Waals surface area contributed by atoms with Gasteiger partial charge in [-0.15, -0.1) is 0 Å². The van der Waals surface area contributed by atoms with E-state index in [1.165, 1.54) is 60.5 Å². The molecule has 0 bridgehead atoms. The highest BCUT2D eigenvalue weighted by atomic mass is 28.3. The molecule has 142 valence electrons. The van der Waals surface area contributed by atoms with E-state index in [9.17, 15) is 0 Å². The van der Waals surface area contributed by atoms with Gasteiger partial charge in [0.15, 0.2) is 0 Å². The smallest absolute Gasteiger partial charge is 0.0991 e. The minimum absolute atomic E-state index is 0.711. The van der Waals surface area contributed by atoms with Crippen LogP contribution in [0.25, 0.3) is 11.1 Å². The molecule has 0 spiro atoms. The zero-order valence-corrected chi connectivity index (χ0v) is 18.2. The molecular weight excluding hydrogens is 342 g/mol. The highest BCUT2D eigenvalue weighted by Gasteiger charge is 2.25. The molecule has 0 aliphatic heterocycles. The molecule has 2 rings (SSSR count). The molecule has 0 amide bonds. The molecule has 0 aromatic heterocycles. The number of hydrogen-bond acceptors (Lipinski definition) is 1. The standard InChI is InChI=1S/C25H33NSi/c1-4-7-8-9-19-27(5-2,6-3)20-18-22-10-14-24(15-11-22)25-16-12-23(21-26)13-17-25/h9-17,19H,4-8,18,20H2,1-3H3. The fraction of sp³-hybridized carbons (Fsp3) is 0.400. The predicted molar refractivity (Wildman–Crippen MR) is 120 cm³/mol. The molecule has 0 atom stereocenters. The molecular formula is C25H33NSi. The maximum Gasteiger partial charge on any atom is 0.0991 e. The van der Waals surface area contributed by atoms with Gasteiger partial charge in [0.05, 0.1) is 19.7 Å². The second kappa shape index (κ2) is 10.9.